The number of nitrogens with one attached hydrogen (secondary N) is 1. The second-order valence-corrected chi connectivity index (χ2v) is 5.47. The lowest BCUT2D eigenvalue weighted by Crippen LogP contribution is -2.22. The summed E-state index contributed by atoms with van der Waals surface area (Å²) in [6.45, 7) is 5.05. The van der Waals surface area contributed by atoms with Crippen molar-refractivity contribution in [3.05, 3.63) is 36.0 Å². The van der Waals surface area contributed by atoms with Crippen LogP contribution in [0.3, 0.4) is 0 Å². The van der Waals surface area contributed by atoms with Crippen molar-refractivity contribution < 1.29 is 22.7 Å². The van der Waals surface area contributed by atoms with Gasteiger partial charge in [0.1, 0.15) is 17.4 Å². The molecule has 0 radical (unpaired) electrons. The number of ketones is 1. The number of anilines is 1. The molecule has 0 fully saturated rings. The lowest BCUT2D eigenvalue weighted by atomic mass is 9.87. The van der Waals surface area contributed by atoms with Gasteiger partial charge in [0.2, 0.25) is 0 Å². The highest BCUT2D eigenvalue weighted by atomic mass is 19.4. The molecule has 0 aromatic heterocycles. The average Bonchev–Trinajstić information content (AvgIpc) is 2.38. The summed E-state index contributed by atoms with van der Waals surface area (Å²) in [7, 11) is 0. The van der Waals surface area contributed by atoms with E-state index in [1.54, 1.807) is 26.8 Å². The molecule has 4 nitrogen and oxygen atoms in total. The summed E-state index contributed by atoms with van der Waals surface area (Å²) in [4.78, 5) is 12.0. The number of ether oxygens (including phenoxy) is 1. The topological polar surface area (TPSA) is 62.1 Å². The third-order valence-corrected chi connectivity index (χ3v) is 2.52. The molecule has 7 heteroatoms. The number of hydrogen-bond acceptors (Lipinski definition) is 4. The van der Waals surface area contributed by atoms with Crippen LogP contribution in [-0.4, -0.2) is 12.1 Å². The number of hydrogen-bond donors (Lipinski definition) is 1. The quantitative estimate of drug-likeness (QED) is 0.674. The van der Waals surface area contributed by atoms with E-state index in [9.17, 15) is 18.0 Å². The minimum atomic E-state index is -4.75. The van der Waals surface area contributed by atoms with Gasteiger partial charge in [-0.25, -0.2) is 0 Å². The van der Waals surface area contributed by atoms with Crippen LogP contribution >= 0.6 is 0 Å². The van der Waals surface area contributed by atoms with Gasteiger partial charge < -0.3 is 10.1 Å². The summed E-state index contributed by atoms with van der Waals surface area (Å²) >= 11 is 0. The molecular weight excluding hydrogens is 297 g/mol. The standard InChI is InChI=1S/C15H15F3N2O2/c1-14(2,3)13(21)10(8-19)9-20-11-4-6-12(7-5-11)22-15(16,17)18/h4-7,9,20H,1-3H3. The minimum absolute atomic E-state index is 0.0666. The zero-order valence-corrected chi connectivity index (χ0v) is 12.3. The van der Waals surface area contributed by atoms with E-state index < -0.39 is 11.8 Å². The molecule has 0 aliphatic carbocycles. The van der Waals surface area contributed by atoms with Gasteiger partial charge in [-0.1, -0.05) is 20.8 Å². The van der Waals surface area contributed by atoms with Crippen LogP contribution in [0.1, 0.15) is 20.8 Å². The lowest BCUT2D eigenvalue weighted by molar-refractivity contribution is -0.274. The molecule has 1 N–H and O–H groups in total. The first-order chi connectivity index (χ1) is 10.0. The number of nitrogens with zero attached hydrogens (tertiary/aromatic N) is 1. The van der Waals surface area contributed by atoms with Gasteiger partial charge in [0.25, 0.3) is 0 Å². The van der Waals surface area contributed by atoms with E-state index in [0.29, 0.717) is 5.69 Å². The molecule has 0 saturated heterocycles. The van der Waals surface area contributed by atoms with Crippen molar-refractivity contribution >= 4 is 11.5 Å². The Kier molecular flexibility index (Phi) is 5.20. The molecule has 1 aromatic rings. The van der Waals surface area contributed by atoms with Crippen molar-refractivity contribution in [2.45, 2.75) is 27.1 Å². The molecule has 1 aromatic carbocycles. The number of carbonyl (C=O) groups is 1. The van der Waals surface area contributed by atoms with E-state index in [1.807, 2.05) is 0 Å². The summed E-state index contributed by atoms with van der Waals surface area (Å²) < 4.78 is 39.8. The zero-order valence-electron chi connectivity index (χ0n) is 12.3. The highest BCUT2D eigenvalue weighted by Gasteiger charge is 2.31. The van der Waals surface area contributed by atoms with Gasteiger partial charge in [0, 0.05) is 17.3 Å². The van der Waals surface area contributed by atoms with Gasteiger partial charge in [-0.15, -0.1) is 13.2 Å². The fraction of sp³-hybridized carbons (Fsp3) is 0.333. The van der Waals surface area contributed by atoms with Gasteiger partial charge in [-0.2, -0.15) is 5.26 Å². The maximum atomic E-state index is 12.0. The molecule has 0 heterocycles. The Morgan fingerprint density at radius 3 is 2.18 bits per heavy atom. The highest BCUT2D eigenvalue weighted by Crippen LogP contribution is 2.24. The fourth-order valence-corrected chi connectivity index (χ4v) is 1.46. The molecule has 22 heavy (non-hydrogen) atoms. The average molecular weight is 312 g/mol. The van der Waals surface area contributed by atoms with Crippen molar-refractivity contribution in [1.82, 2.24) is 0 Å². The molecule has 1 rings (SSSR count). The number of halogens is 3. The molecule has 0 bridgehead atoms. The number of alkyl halides is 3. The third-order valence-electron chi connectivity index (χ3n) is 2.52. The van der Waals surface area contributed by atoms with Gasteiger partial charge in [-0.05, 0) is 24.3 Å². The van der Waals surface area contributed by atoms with Crippen LogP contribution in [0.5, 0.6) is 5.75 Å². The van der Waals surface area contributed by atoms with E-state index in [4.69, 9.17) is 5.26 Å². The smallest absolute Gasteiger partial charge is 0.406 e. The molecule has 0 spiro atoms. The Hall–Kier alpha value is -2.49. The Bertz CT molecular complexity index is 606. The molecule has 0 atom stereocenters. The normalized spacial score (nSPS) is 12.5. The van der Waals surface area contributed by atoms with Crippen molar-refractivity contribution in [2.75, 3.05) is 5.32 Å². The molecule has 0 aliphatic rings. The first-order valence-electron chi connectivity index (χ1n) is 6.30. The second-order valence-electron chi connectivity index (χ2n) is 5.47. The summed E-state index contributed by atoms with van der Waals surface area (Å²) in [6, 6.07) is 6.73. The van der Waals surface area contributed by atoms with Crippen molar-refractivity contribution in [3.63, 3.8) is 0 Å². The van der Waals surface area contributed by atoms with E-state index in [0.717, 1.165) is 12.1 Å². The van der Waals surface area contributed by atoms with E-state index in [-0.39, 0.29) is 17.1 Å². The largest absolute Gasteiger partial charge is 0.573 e. The fourth-order valence-electron chi connectivity index (χ4n) is 1.46. The van der Waals surface area contributed by atoms with Crippen LogP contribution in [0, 0.1) is 16.7 Å². The Morgan fingerprint density at radius 1 is 1.23 bits per heavy atom. The van der Waals surface area contributed by atoms with Crippen LogP contribution in [0.15, 0.2) is 36.0 Å². The Labute approximate surface area is 126 Å². The molecule has 118 valence electrons. The number of rotatable bonds is 4. The molecule has 0 amide bonds. The van der Waals surface area contributed by atoms with Crippen LogP contribution in [-0.2, 0) is 4.79 Å². The van der Waals surface area contributed by atoms with Crippen LogP contribution < -0.4 is 10.1 Å². The lowest BCUT2D eigenvalue weighted by Gasteiger charge is -2.15. The summed E-state index contributed by atoms with van der Waals surface area (Å²) in [5.74, 6) is -0.687. The van der Waals surface area contributed by atoms with Crippen LogP contribution in [0.2, 0.25) is 0 Å². The number of carbonyl (C=O) groups excluding carboxylic acids is 1. The first-order valence-corrected chi connectivity index (χ1v) is 6.30. The number of benzene rings is 1. The zero-order chi connectivity index (χ0) is 17.0. The molecule has 0 saturated carbocycles. The number of Topliss-reactive ketones (excluding diaryl/α,β-unsaturated/α-hetero) is 1. The number of nitriles is 1. The van der Waals surface area contributed by atoms with Gasteiger partial charge in [0.05, 0.1) is 0 Å². The molecular formula is C15H15F3N2O2. The monoisotopic (exact) mass is 312 g/mol. The van der Waals surface area contributed by atoms with Crippen LogP contribution in [0.4, 0.5) is 18.9 Å². The van der Waals surface area contributed by atoms with E-state index in [1.165, 1.54) is 18.3 Å². The molecule has 0 aliphatic heterocycles. The van der Waals surface area contributed by atoms with Crippen molar-refractivity contribution in [2.24, 2.45) is 5.41 Å². The van der Waals surface area contributed by atoms with Crippen molar-refractivity contribution in [1.29, 1.82) is 5.26 Å². The van der Waals surface area contributed by atoms with E-state index in [2.05, 4.69) is 10.1 Å². The predicted molar refractivity (Wildman–Crippen MR) is 74.9 cm³/mol. The van der Waals surface area contributed by atoms with Crippen LogP contribution in [0.25, 0.3) is 0 Å². The highest BCUT2D eigenvalue weighted by molar-refractivity contribution is 6.02. The summed E-state index contributed by atoms with van der Waals surface area (Å²) in [5.41, 5.74) is -0.347. The summed E-state index contributed by atoms with van der Waals surface area (Å²) in [6.07, 6.45) is -3.52. The Morgan fingerprint density at radius 2 is 1.77 bits per heavy atom. The predicted octanol–water partition coefficient (Wildman–Crippen LogP) is 4.02. The van der Waals surface area contributed by atoms with Crippen molar-refractivity contribution in [3.8, 4) is 11.8 Å². The summed E-state index contributed by atoms with van der Waals surface area (Å²) in [5, 5.41) is 11.7. The van der Waals surface area contributed by atoms with Gasteiger partial charge in [0.15, 0.2) is 5.78 Å². The maximum absolute atomic E-state index is 12.0. The first kappa shape index (κ1) is 17.6. The number of allylic oxidation sites excluding steroid dienone is 1. The third kappa shape index (κ3) is 5.48. The van der Waals surface area contributed by atoms with Gasteiger partial charge in [-0.3, -0.25) is 4.79 Å². The van der Waals surface area contributed by atoms with E-state index >= 15 is 0 Å². The maximum Gasteiger partial charge on any atom is 0.573 e. The Balaban J connectivity index is 2.81. The molecule has 0 unspecified atom stereocenters. The SMILES string of the molecule is CC(C)(C)C(=O)C(C#N)=CNc1ccc(OC(F)(F)F)cc1. The minimum Gasteiger partial charge on any atom is -0.406 e. The second kappa shape index (κ2) is 6.52. The van der Waals surface area contributed by atoms with Gasteiger partial charge >= 0.3 is 6.36 Å².